The summed E-state index contributed by atoms with van der Waals surface area (Å²) in [7, 11) is 0. The fourth-order valence-electron chi connectivity index (χ4n) is 7.05. The molecule has 2 aliphatic rings. The molecule has 7 rings (SSSR count). The minimum absolute atomic E-state index is 0.448. The molecule has 0 saturated carbocycles. The Balaban J connectivity index is 1.32. The number of aryl methyl sites for hydroxylation is 3. The number of hydrogen-bond donors (Lipinski definition) is 0. The van der Waals surface area contributed by atoms with Gasteiger partial charge in [-0.1, -0.05) is 55.5 Å². The van der Waals surface area contributed by atoms with E-state index in [-0.39, 0.29) is 0 Å². The summed E-state index contributed by atoms with van der Waals surface area (Å²) in [5, 5.41) is 0. The summed E-state index contributed by atoms with van der Waals surface area (Å²) in [6, 6.07) is 37.5. The highest BCUT2D eigenvalue weighted by Crippen LogP contribution is 2.44. The van der Waals surface area contributed by atoms with Crippen molar-refractivity contribution in [2.24, 2.45) is 0 Å². The first-order valence-electron chi connectivity index (χ1n) is 16.8. The topological polar surface area (TPSA) is 34.2 Å². The molecule has 2 aliphatic heterocycles. The van der Waals surface area contributed by atoms with Crippen LogP contribution in [0.4, 0.5) is 11.4 Å². The predicted molar refractivity (Wildman–Crippen MR) is 191 cm³/mol. The van der Waals surface area contributed by atoms with Crippen LogP contribution < -0.4 is 24.0 Å². The third-order valence-electron chi connectivity index (χ3n) is 9.80. The van der Waals surface area contributed by atoms with E-state index in [0.717, 1.165) is 36.8 Å². The lowest BCUT2D eigenvalue weighted by Gasteiger charge is -2.37. The van der Waals surface area contributed by atoms with Gasteiger partial charge in [0.1, 0.15) is 17.2 Å². The minimum atomic E-state index is -0.448. The molecule has 0 saturated heterocycles. The van der Waals surface area contributed by atoms with Gasteiger partial charge in [-0.3, -0.25) is 0 Å². The molecule has 5 aromatic rings. The molecule has 0 aromatic heterocycles. The first-order valence-corrected chi connectivity index (χ1v) is 16.8. The SMILES string of the molecule is CCOc1ccc(C(C)(c2ccc3c(c2)CN(c2cccc(C)c2)CO3)c2ccc3c(c2)CN(c2cccc(C)c2)CO3)cc1CC. The highest BCUT2D eigenvalue weighted by Gasteiger charge is 2.34. The molecule has 0 amide bonds. The van der Waals surface area contributed by atoms with Crippen molar-refractivity contribution in [3.63, 3.8) is 0 Å². The van der Waals surface area contributed by atoms with Gasteiger partial charge < -0.3 is 24.0 Å². The van der Waals surface area contributed by atoms with Crippen LogP contribution >= 0.6 is 0 Å². The highest BCUT2D eigenvalue weighted by atomic mass is 16.5. The molecule has 0 unspecified atom stereocenters. The van der Waals surface area contributed by atoms with E-state index < -0.39 is 5.41 Å². The first-order chi connectivity index (χ1) is 22.8. The van der Waals surface area contributed by atoms with Crippen LogP contribution in [0.2, 0.25) is 0 Å². The van der Waals surface area contributed by atoms with Gasteiger partial charge >= 0.3 is 0 Å². The monoisotopic (exact) mass is 624 g/mol. The zero-order chi connectivity index (χ0) is 32.5. The Morgan fingerprint density at radius 2 is 1.15 bits per heavy atom. The number of rotatable bonds is 8. The summed E-state index contributed by atoms with van der Waals surface area (Å²) in [5.74, 6) is 2.86. The third-order valence-corrected chi connectivity index (χ3v) is 9.80. The third kappa shape index (κ3) is 5.91. The molecule has 5 heteroatoms. The van der Waals surface area contributed by atoms with Crippen molar-refractivity contribution >= 4 is 11.4 Å². The van der Waals surface area contributed by atoms with Crippen molar-refractivity contribution < 1.29 is 14.2 Å². The smallest absolute Gasteiger partial charge is 0.161 e. The summed E-state index contributed by atoms with van der Waals surface area (Å²) < 4.78 is 18.7. The number of anilines is 2. The molecular weight excluding hydrogens is 580 g/mol. The Morgan fingerprint density at radius 3 is 1.64 bits per heavy atom. The van der Waals surface area contributed by atoms with E-state index in [0.29, 0.717) is 20.1 Å². The van der Waals surface area contributed by atoms with Gasteiger partial charge in [-0.15, -0.1) is 0 Å². The summed E-state index contributed by atoms with van der Waals surface area (Å²) in [6.07, 6.45) is 0.895. The summed E-state index contributed by atoms with van der Waals surface area (Å²) in [4.78, 5) is 4.61. The second kappa shape index (κ2) is 12.7. The van der Waals surface area contributed by atoms with Gasteiger partial charge in [0.05, 0.1) is 6.61 Å². The average Bonchev–Trinajstić information content (AvgIpc) is 3.10. The molecule has 0 fully saturated rings. The Morgan fingerprint density at radius 1 is 0.638 bits per heavy atom. The van der Waals surface area contributed by atoms with Gasteiger partial charge in [0.15, 0.2) is 13.5 Å². The van der Waals surface area contributed by atoms with Crippen LogP contribution in [-0.4, -0.2) is 20.1 Å². The van der Waals surface area contributed by atoms with E-state index >= 15 is 0 Å². The molecular formula is C42H44N2O3. The van der Waals surface area contributed by atoms with E-state index in [1.807, 2.05) is 6.92 Å². The molecule has 5 nitrogen and oxygen atoms in total. The maximum absolute atomic E-state index is 6.31. The second-order valence-electron chi connectivity index (χ2n) is 13.0. The van der Waals surface area contributed by atoms with Gasteiger partial charge in [0, 0.05) is 41.0 Å². The van der Waals surface area contributed by atoms with Crippen LogP contribution in [0.1, 0.15) is 65.3 Å². The van der Waals surface area contributed by atoms with E-state index in [9.17, 15) is 0 Å². The predicted octanol–water partition coefficient (Wildman–Crippen LogP) is 9.33. The highest BCUT2D eigenvalue weighted by molar-refractivity contribution is 5.59. The summed E-state index contributed by atoms with van der Waals surface area (Å²) >= 11 is 0. The van der Waals surface area contributed by atoms with E-state index in [1.54, 1.807) is 0 Å². The largest absolute Gasteiger partial charge is 0.494 e. The summed E-state index contributed by atoms with van der Waals surface area (Å²) in [5.41, 5.74) is 11.7. The Labute approximate surface area is 279 Å². The Kier molecular flexibility index (Phi) is 8.31. The maximum Gasteiger partial charge on any atom is 0.161 e. The lowest BCUT2D eigenvalue weighted by atomic mass is 9.70. The van der Waals surface area contributed by atoms with E-state index in [1.165, 1.54) is 55.9 Å². The summed E-state index contributed by atoms with van der Waals surface area (Å²) in [6.45, 7) is 14.2. The molecule has 5 aromatic carbocycles. The molecule has 47 heavy (non-hydrogen) atoms. The quantitative estimate of drug-likeness (QED) is 0.161. The zero-order valence-corrected chi connectivity index (χ0v) is 28.2. The molecule has 0 N–H and O–H groups in total. The van der Waals surface area contributed by atoms with Crippen molar-refractivity contribution in [3.8, 4) is 17.2 Å². The number of benzene rings is 5. The first kappa shape index (κ1) is 30.7. The van der Waals surface area contributed by atoms with Gasteiger partial charge in [-0.2, -0.15) is 0 Å². The number of nitrogens with zero attached hydrogens (tertiary/aromatic N) is 2. The van der Waals surface area contributed by atoms with Gasteiger partial charge in [-0.25, -0.2) is 0 Å². The van der Waals surface area contributed by atoms with Gasteiger partial charge in [0.25, 0.3) is 0 Å². The molecule has 0 bridgehead atoms. The van der Waals surface area contributed by atoms with Crippen LogP contribution in [0.3, 0.4) is 0 Å². The lowest BCUT2D eigenvalue weighted by molar-refractivity contribution is 0.289. The molecule has 0 radical (unpaired) electrons. The molecule has 2 heterocycles. The standard InChI is InChI=1S/C42H44N2O3/c1-6-31-22-34(14-17-39(31)45-7-2)42(5,35-15-18-40-32(23-35)25-43(27-46-40)37-12-8-10-29(3)20-37)36-16-19-41-33(24-36)26-44(28-47-41)38-13-9-11-30(4)21-38/h8-24H,6-7,25-28H2,1-5H3. The van der Waals surface area contributed by atoms with Crippen molar-refractivity contribution in [2.75, 3.05) is 29.9 Å². The second-order valence-corrected chi connectivity index (χ2v) is 13.0. The van der Waals surface area contributed by atoms with Crippen molar-refractivity contribution in [3.05, 3.63) is 148 Å². The minimum Gasteiger partial charge on any atom is -0.494 e. The van der Waals surface area contributed by atoms with Gasteiger partial charge in [0.2, 0.25) is 0 Å². The molecule has 240 valence electrons. The van der Waals surface area contributed by atoms with Crippen LogP contribution in [0, 0.1) is 13.8 Å². The molecule has 0 spiro atoms. The number of fused-ring (bicyclic) bond motifs is 2. The fraction of sp³-hybridized carbons (Fsp3) is 0.286. The van der Waals surface area contributed by atoms with Crippen LogP contribution in [0.15, 0.2) is 103 Å². The van der Waals surface area contributed by atoms with Gasteiger partial charge in [-0.05, 0) is 122 Å². The van der Waals surface area contributed by atoms with Crippen molar-refractivity contribution in [1.29, 1.82) is 0 Å². The van der Waals surface area contributed by atoms with Crippen molar-refractivity contribution in [2.45, 2.75) is 59.5 Å². The van der Waals surface area contributed by atoms with Crippen LogP contribution in [0.25, 0.3) is 0 Å². The van der Waals surface area contributed by atoms with E-state index in [4.69, 9.17) is 14.2 Å². The number of hydrogen-bond acceptors (Lipinski definition) is 5. The van der Waals surface area contributed by atoms with E-state index in [2.05, 4.69) is 141 Å². The molecule has 0 atom stereocenters. The Bertz CT molecular complexity index is 1810. The van der Waals surface area contributed by atoms with Crippen LogP contribution in [0.5, 0.6) is 17.2 Å². The normalized spacial score (nSPS) is 14.1. The zero-order valence-electron chi connectivity index (χ0n) is 28.2. The lowest BCUT2D eigenvalue weighted by Crippen LogP contribution is -2.33. The van der Waals surface area contributed by atoms with Crippen molar-refractivity contribution in [1.82, 2.24) is 0 Å². The molecule has 0 aliphatic carbocycles. The average molecular weight is 625 g/mol. The Hall–Kier alpha value is -4.90. The van der Waals surface area contributed by atoms with Crippen LogP contribution in [-0.2, 0) is 24.9 Å². The fourth-order valence-corrected chi connectivity index (χ4v) is 7.05. The number of ether oxygens (including phenoxy) is 3. The maximum atomic E-state index is 6.31.